The molecular formula is C21H22N2O2S. The number of aromatic nitrogens is 1. The van der Waals surface area contributed by atoms with Crippen molar-refractivity contribution in [2.24, 2.45) is 0 Å². The second-order valence-corrected chi connectivity index (χ2v) is 7.77. The normalized spacial score (nSPS) is 16.9. The van der Waals surface area contributed by atoms with Crippen molar-refractivity contribution in [2.75, 3.05) is 18.1 Å². The van der Waals surface area contributed by atoms with Crippen LogP contribution in [-0.2, 0) is 4.74 Å². The predicted octanol–water partition coefficient (Wildman–Crippen LogP) is 4.74. The van der Waals surface area contributed by atoms with Gasteiger partial charge in [0.2, 0.25) is 0 Å². The first-order valence-electron chi connectivity index (χ1n) is 8.99. The third-order valence-corrected chi connectivity index (χ3v) is 6.06. The van der Waals surface area contributed by atoms with Crippen LogP contribution in [0.15, 0.2) is 42.5 Å². The first kappa shape index (κ1) is 17.2. The monoisotopic (exact) mass is 366 g/mol. The number of aryl methyl sites for hydroxylation is 1. The molecule has 0 spiro atoms. The Morgan fingerprint density at radius 3 is 2.85 bits per heavy atom. The maximum atomic E-state index is 13.4. The summed E-state index contributed by atoms with van der Waals surface area (Å²) in [6.45, 7) is 5.36. The van der Waals surface area contributed by atoms with E-state index in [1.165, 1.54) is 0 Å². The van der Waals surface area contributed by atoms with Gasteiger partial charge in [-0.25, -0.2) is 4.98 Å². The van der Waals surface area contributed by atoms with E-state index in [9.17, 15) is 4.79 Å². The molecular weight excluding hydrogens is 344 g/mol. The number of carbonyl (C=O) groups excluding carboxylic acids is 1. The highest BCUT2D eigenvalue weighted by Crippen LogP contribution is 2.31. The summed E-state index contributed by atoms with van der Waals surface area (Å²) < 4.78 is 6.89. The lowest BCUT2D eigenvalue weighted by molar-refractivity contribution is 0.0917. The summed E-state index contributed by atoms with van der Waals surface area (Å²) in [7, 11) is 0. The second kappa shape index (κ2) is 7.17. The van der Waals surface area contributed by atoms with Crippen LogP contribution < -0.4 is 4.90 Å². The van der Waals surface area contributed by atoms with Gasteiger partial charge in [-0.1, -0.05) is 35.6 Å². The van der Waals surface area contributed by atoms with Crippen molar-refractivity contribution in [3.05, 3.63) is 59.2 Å². The molecule has 2 aromatic carbocycles. The van der Waals surface area contributed by atoms with E-state index in [4.69, 9.17) is 9.72 Å². The molecule has 1 aliphatic rings. The molecule has 1 fully saturated rings. The molecule has 0 N–H and O–H groups in total. The number of hydrogen-bond donors (Lipinski definition) is 0. The van der Waals surface area contributed by atoms with Crippen molar-refractivity contribution in [3.8, 4) is 0 Å². The van der Waals surface area contributed by atoms with Crippen LogP contribution in [0.5, 0.6) is 0 Å². The minimum Gasteiger partial charge on any atom is -0.376 e. The van der Waals surface area contributed by atoms with Crippen LogP contribution in [0.2, 0.25) is 0 Å². The largest absolute Gasteiger partial charge is 0.376 e. The lowest BCUT2D eigenvalue weighted by Crippen LogP contribution is -2.37. The van der Waals surface area contributed by atoms with Gasteiger partial charge in [-0.3, -0.25) is 9.69 Å². The van der Waals surface area contributed by atoms with Gasteiger partial charge in [0.05, 0.1) is 22.9 Å². The molecule has 5 heteroatoms. The van der Waals surface area contributed by atoms with E-state index in [2.05, 4.69) is 0 Å². The Morgan fingerprint density at radius 2 is 2.08 bits per heavy atom. The highest BCUT2D eigenvalue weighted by molar-refractivity contribution is 7.22. The molecule has 0 aliphatic carbocycles. The summed E-state index contributed by atoms with van der Waals surface area (Å²) >= 11 is 1.56. The SMILES string of the molecule is Cc1cccc(C(=O)N(C[C@@H]2CCCO2)c2nc3ccccc3s2)c1C. The van der Waals surface area contributed by atoms with Gasteiger partial charge in [0.25, 0.3) is 5.91 Å². The standard InChI is InChI=1S/C21H22N2O2S/c1-14-7-5-9-17(15(14)2)20(24)23(13-16-8-6-12-25-16)21-22-18-10-3-4-11-19(18)26-21/h3-5,7,9-11,16H,6,8,12-13H2,1-2H3/t16-/m0/s1. The van der Waals surface area contributed by atoms with Crippen LogP contribution in [-0.4, -0.2) is 30.1 Å². The molecule has 0 radical (unpaired) electrons. The number of anilines is 1. The van der Waals surface area contributed by atoms with E-state index in [1.54, 1.807) is 11.3 Å². The molecule has 1 saturated heterocycles. The topological polar surface area (TPSA) is 42.4 Å². The Morgan fingerprint density at radius 1 is 1.23 bits per heavy atom. The van der Waals surface area contributed by atoms with Crippen LogP contribution in [0.3, 0.4) is 0 Å². The van der Waals surface area contributed by atoms with E-state index in [0.717, 1.165) is 51.5 Å². The van der Waals surface area contributed by atoms with Crippen molar-refractivity contribution in [2.45, 2.75) is 32.8 Å². The fourth-order valence-corrected chi connectivity index (χ4v) is 4.32. The Balaban J connectivity index is 1.74. The van der Waals surface area contributed by atoms with Gasteiger partial charge in [0, 0.05) is 12.2 Å². The molecule has 1 amide bonds. The van der Waals surface area contributed by atoms with Crippen LogP contribution >= 0.6 is 11.3 Å². The van der Waals surface area contributed by atoms with Gasteiger partial charge in [-0.05, 0) is 56.0 Å². The number of hydrogen-bond acceptors (Lipinski definition) is 4. The lowest BCUT2D eigenvalue weighted by Gasteiger charge is -2.24. The number of para-hydroxylation sites is 1. The van der Waals surface area contributed by atoms with E-state index >= 15 is 0 Å². The first-order chi connectivity index (χ1) is 12.6. The summed E-state index contributed by atoms with van der Waals surface area (Å²) in [5.41, 5.74) is 3.81. The molecule has 4 rings (SSSR count). The van der Waals surface area contributed by atoms with Crippen LogP contribution in [0.1, 0.15) is 34.3 Å². The lowest BCUT2D eigenvalue weighted by atomic mass is 10.0. The summed E-state index contributed by atoms with van der Waals surface area (Å²) in [5, 5.41) is 0.743. The van der Waals surface area contributed by atoms with Gasteiger partial charge in [0.1, 0.15) is 0 Å². The number of ether oxygens (including phenoxy) is 1. The molecule has 26 heavy (non-hydrogen) atoms. The number of amides is 1. The zero-order valence-corrected chi connectivity index (χ0v) is 15.9. The number of benzene rings is 2. The number of fused-ring (bicyclic) bond motifs is 1. The van der Waals surface area contributed by atoms with Crippen molar-refractivity contribution >= 4 is 32.6 Å². The number of rotatable bonds is 4. The van der Waals surface area contributed by atoms with E-state index in [-0.39, 0.29) is 12.0 Å². The summed E-state index contributed by atoms with van der Waals surface area (Å²) in [4.78, 5) is 19.9. The van der Waals surface area contributed by atoms with Gasteiger partial charge >= 0.3 is 0 Å². The Kier molecular flexibility index (Phi) is 4.74. The van der Waals surface area contributed by atoms with Gasteiger partial charge in [-0.2, -0.15) is 0 Å². The fourth-order valence-electron chi connectivity index (χ4n) is 3.34. The van der Waals surface area contributed by atoms with Crippen molar-refractivity contribution in [3.63, 3.8) is 0 Å². The van der Waals surface area contributed by atoms with Crippen molar-refractivity contribution in [1.82, 2.24) is 4.98 Å². The zero-order valence-electron chi connectivity index (χ0n) is 15.1. The average molecular weight is 366 g/mol. The Bertz CT molecular complexity index is 911. The molecule has 1 atom stereocenters. The summed E-state index contributed by atoms with van der Waals surface area (Å²) in [6, 6.07) is 13.9. The van der Waals surface area contributed by atoms with Gasteiger partial charge < -0.3 is 4.74 Å². The first-order valence-corrected chi connectivity index (χ1v) is 9.80. The zero-order chi connectivity index (χ0) is 18.1. The highest BCUT2D eigenvalue weighted by atomic mass is 32.1. The van der Waals surface area contributed by atoms with Crippen LogP contribution in [0, 0.1) is 13.8 Å². The molecule has 2 heterocycles. The maximum absolute atomic E-state index is 13.4. The molecule has 0 unspecified atom stereocenters. The Hall–Kier alpha value is -2.24. The smallest absolute Gasteiger partial charge is 0.260 e. The minimum atomic E-state index is 0.000700. The molecule has 1 aliphatic heterocycles. The highest BCUT2D eigenvalue weighted by Gasteiger charge is 2.27. The maximum Gasteiger partial charge on any atom is 0.260 e. The number of nitrogens with zero attached hydrogens (tertiary/aromatic N) is 2. The number of thiazole rings is 1. The van der Waals surface area contributed by atoms with Crippen LogP contribution in [0.25, 0.3) is 10.2 Å². The fraction of sp³-hybridized carbons (Fsp3) is 0.333. The third kappa shape index (κ3) is 3.24. The van der Waals surface area contributed by atoms with Crippen LogP contribution in [0.4, 0.5) is 5.13 Å². The second-order valence-electron chi connectivity index (χ2n) is 6.76. The van der Waals surface area contributed by atoms with Crippen molar-refractivity contribution in [1.29, 1.82) is 0 Å². The molecule has 1 aromatic heterocycles. The van der Waals surface area contributed by atoms with Crippen molar-refractivity contribution < 1.29 is 9.53 Å². The van der Waals surface area contributed by atoms with E-state index in [0.29, 0.717) is 6.54 Å². The third-order valence-electron chi connectivity index (χ3n) is 5.00. The molecule has 134 valence electrons. The predicted molar refractivity (Wildman–Crippen MR) is 106 cm³/mol. The van der Waals surface area contributed by atoms with E-state index in [1.807, 2.05) is 61.2 Å². The minimum absolute atomic E-state index is 0.000700. The average Bonchev–Trinajstić information content (AvgIpc) is 3.30. The molecule has 0 saturated carbocycles. The summed E-state index contributed by atoms with van der Waals surface area (Å²) in [5.74, 6) is 0.000700. The molecule has 0 bridgehead atoms. The summed E-state index contributed by atoms with van der Waals surface area (Å²) in [6.07, 6.45) is 2.12. The quantitative estimate of drug-likeness (QED) is 0.670. The van der Waals surface area contributed by atoms with E-state index < -0.39 is 0 Å². The molecule has 3 aromatic rings. The van der Waals surface area contributed by atoms with Gasteiger partial charge in [0.15, 0.2) is 5.13 Å². The Labute approximate surface area is 157 Å². The molecule has 4 nitrogen and oxygen atoms in total. The number of carbonyl (C=O) groups is 1. The van der Waals surface area contributed by atoms with Gasteiger partial charge in [-0.15, -0.1) is 0 Å².